The van der Waals surface area contributed by atoms with Crippen molar-refractivity contribution in [3.8, 4) is 34.2 Å². The third-order valence-electron chi connectivity index (χ3n) is 10.5. The molecule has 1 aliphatic rings. The standard InChI is InChI=1S/C45H25N5O/c1-3-12-26(13-4-1)43-46-44(27-14-5-2-6-15-27)48-45(47-43)33-24-25-34(38-32-16-7-8-23-37(32)51-42(33)38)49-35-21-10-19-30-28-17-9-18-29-31-20-11-22-36(49)41(31)50(39(28)29)40(30)35/h1-25H. The van der Waals surface area contributed by atoms with Gasteiger partial charge in [-0.3, -0.25) is 0 Å². The molecule has 0 bridgehead atoms. The van der Waals surface area contributed by atoms with Crippen LogP contribution in [0.15, 0.2) is 156 Å². The van der Waals surface area contributed by atoms with Crippen LogP contribution in [0.2, 0.25) is 0 Å². The summed E-state index contributed by atoms with van der Waals surface area (Å²) in [7, 11) is 0. The zero-order chi connectivity index (χ0) is 33.2. The number of hydrogen-bond donors (Lipinski definition) is 0. The topological polar surface area (TPSA) is 59.5 Å². The van der Waals surface area contributed by atoms with Crippen LogP contribution in [-0.4, -0.2) is 19.4 Å². The van der Waals surface area contributed by atoms with Crippen molar-refractivity contribution in [3.05, 3.63) is 152 Å². The van der Waals surface area contributed by atoms with Gasteiger partial charge in [-0.15, -0.1) is 0 Å². The first kappa shape index (κ1) is 26.9. The van der Waals surface area contributed by atoms with Crippen molar-refractivity contribution in [2.75, 3.05) is 4.90 Å². The summed E-state index contributed by atoms with van der Waals surface area (Å²) in [5.74, 6) is 1.79. The first-order valence-electron chi connectivity index (χ1n) is 17.1. The first-order chi connectivity index (χ1) is 25.3. The lowest BCUT2D eigenvalue weighted by Crippen LogP contribution is -2.15. The molecule has 0 saturated heterocycles. The molecular weight excluding hydrogens is 627 g/mol. The van der Waals surface area contributed by atoms with E-state index < -0.39 is 0 Å². The third kappa shape index (κ3) is 3.52. The van der Waals surface area contributed by atoms with E-state index in [0.717, 1.165) is 55.7 Å². The van der Waals surface area contributed by atoms with Gasteiger partial charge >= 0.3 is 0 Å². The lowest BCUT2D eigenvalue weighted by molar-refractivity contribution is 0.669. The fourth-order valence-corrected chi connectivity index (χ4v) is 8.37. The van der Waals surface area contributed by atoms with E-state index >= 15 is 0 Å². The van der Waals surface area contributed by atoms with E-state index in [2.05, 4.69) is 88.2 Å². The number of anilines is 3. The van der Waals surface area contributed by atoms with Crippen LogP contribution in [0.25, 0.3) is 94.2 Å². The zero-order valence-corrected chi connectivity index (χ0v) is 27.1. The van der Waals surface area contributed by atoms with Gasteiger partial charge in [0.25, 0.3) is 0 Å². The second-order valence-corrected chi connectivity index (χ2v) is 13.2. The fraction of sp³-hybridized carbons (Fsp3) is 0. The number of fused-ring (bicyclic) bond motifs is 5. The molecule has 12 rings (SSSR count). The van der Waals surface area contributed by atoms with Crippen molar-refractivity contribution in [1.82, 2.24) is 19.4 Å². The Morgan fingerprint density at radius 2 is 0.902 bits per heavy atom. The first-order valence-corrected chi connectivity index (χ1v) is 17.1. The Morgan fingerprint density at radius 1 is 0.392 bits per heavy atom. The zero-order valence-electron chi connectivity index (χ0n) is 27.1. The highest BCUT2D eigenvalue weighted by Crippen LogP contribution is 2.54. The van der Waals surface area contributed by atoms with Crippen LogP contribution in [0.1, 0.15) is 0 Å². The molecule has 5 heterocycles. The highest BCUT2D eigenvalue weighted by Gasteiger charge is 2.32. The van der Waals surface area contributed by atoms with Crippen molar-refractivity contribution in [2.45, 2.75) is 0 Å². The lowest BCUT2D eigenvalue weighted by Gasteiger charge is -2.30. The molecule has 6 heteroatoms. The molecule has 0 fully saturated rings. The van der Waals surface area contributed by atoms with Gasteiger partial charge < -0.3 is 13.7 Å². The highest BCUT2D eigenvalue weighted by molar-refractivity contribution is 6.30. The minimum atomic E-state index is 0.562. The van der Waals surface area contributed by atoms with Gasteiger partial charge in [0.05, 0.1) is 44.6 Å². The minimum Gasteiger partial charge on any atom is -0.455 e. The quantitative estimate of drug-likeness (QED) is 0.189. The fourth-order valence-electron chi connectivity index (χ4n) is 8.37. The highest BCUT2D eigenvalue weighted by atomic mass is 16.3. The van der Waals surface area contributed by atoms with Crippen molar-refractivity contribution in [3.63, 3.8) is 0 Å². The predicted octanol–water partition coefficient (Wildman–Crippen LogP) is 11.7. The summed E-state index contributed by atoms with van der Waals surface area (Å²) in [6, 6.07) is 52.8. The number of aromatic nitrogens is 4. The number of para-hydroxylation sites is 4. The monoisotopic (exact) mass is 651 g/mol. The average Bonchev–Trinajstić information content (AvgIpc) is 3.87. The smallest absolute Gasteiger partial charge is 0.167 e. The van der Waals surface area contributed by atoms with Gasteiger partial charge in [0.2, 0.25) is 0 Å². The average molecular weight is 652 g/mol. The van der Waals surface area contributed by atoms with E-state index in [4.69, 9.17) is 19.4 Å². The van der Waals surface area contributed by atoms with Gasteiger partial charge in [-0.05, 0) is 30.3 Å². The van der Waals surface area contributed by atoms with Crippen LogP contribution in [0.4, 0.5) is 17.1 Å². The molecule has 6 nitrogen and oxygen atoms in total. The molecular formula is C45H25N5O. The molecule has 51 heavy (non-hydrogen) atoms. The second kappa shape index (κ2) is 9.77. The molecule has 7 aromatic carbocycles. The summed E-state index contributed by atoms with van der Waals surface area (Å²) in [5, 5.41) is 7.12. The van der Waals surface area contributed by atoms with Gasteiger partial charge in [0.1, 0.15) is 11.2 Å². The van der Waals surface area contributed by atoms with Gasteiger partial charge in [-0.2, -0.15) is 0 Å². The van der Waals surface area contributed by atoms with Gasteiger partial charge in [-0.25, -0.2) is 15.0 Å². The summed E-state index contributed by atoms with van der Waals surface area (Å²) in [4.78, 5) is 17.6. The second-order valence-electron chi connectivity index (χ2n) is 13.2. The maximum Gasteiger partial charge on any atom is 0.167 e. The van der Waals surface area contributed by atoms with Crippen molar-refractivity contribution in [1.29, 1.82) is 0 Å². The summed E-state index contributed by atoms with van der Waals surface area (Å²) < 4.78 is 9.31. The van der Waals surface area contributed by atoms with Gasteiger partial charge in [0.15, 0.2) is 17.5 Å². The Balaban J connectivity index is 1.17. The van der Waals surface area contributed by atoms with Crippen LogP contribution in [0, 0.1) is 0 Å². The van der Waals surface area contributed by atoms with E-state index in [1.807, 2.05) is 72.8 Å². The van der Waals surface area contributed by atoms with Crippen LogP contribution in [0.3, 0.4) is 0 Å². The van der Waals surface area contributed by atoms with Crippen LogP contribution >= 0.6 is 0 Å². The third-order valence-corrected chi connectivity index (χ3v) is 10.5. The Kier molecular flexibility index (Phi) is 5.14. The van der Waals surface area contributed by atoms with Crippen LogP contribution < -0.4 is 4.90 Å². The molecule has 0 atom stereocenters. The minimum absolute atomic E-state index is 0.562. The molecule has 0 spiro atoms. The van der Waals surface area contributed by atoms with E-state index in [9.17, 15) is 0 Å². The summed E-state index contributed by atoms with van der Waals surface area (Å²) in [5.41, 5.74) is 11.3. The number of rotatable bonds is 4. The molecule has 0 N–H and O–H groups in total. The number of nitrogens with zero attached hydrogens (tertiary/aromatic N) is 5. The van der Waals surface area contributed by atoms with Crippen LogP contribution in [0.5, 0.6) is 0 Å². The summed E-state index contributed by atoms with van der Waals surface area (Å²) >= 11 is 0. The number of benzene rings is 7. The maximum absolute atomic E-state index is 6.82. The molecule has 0 unspecified atom stereocenters. The molecule has 1 aliphatic heterocycles. The van der Waals surface area contributed by atoms with E-state index in [-0.39, 0.29) is 0 Å². The van der Waals surface area contributed by atoms with Crippen molar-refractivity contribution in [2.24, 2.45) is 0 Å². The van der Waals surface area contributed by atoms with Gasteiger partial charge in [0, 0.05) is 38.1 Å². The molecule has 0 amide bonds. The Bertz CT molecular complexity index is 3050. The molecule has 236 valence electrons. The molecule has 0 aliphatic carbocycles. The van der Waals surface area contributed by atoms with Crippen molar-refractivity contribution < 1.29 is 4.42 Å². The Labute approximate surface area is 290 Å². The SMILES string of the molecule is c1ccc(-c2nc(-c3ccccc3)nc(-c3ccc(N4c5cccc6c7cccc8c9cccc4c9n(c56)c78)c4c3oc3ccccc34)n2)cc1. The summed E-state index contributed by atoms with van der Waals surface area (Å²) in [6.45, 7) is 0. The molecule has 0 radical (unpaired) electrons. The molecule has 11 aromatic rings. The van der Waals surface area contributed by atoms with Gasteiger partial charge in [-0.1, -0.05) is 121 Å². The van der Waals surface area contributed by atoms with E-state index in [0.29, 0.717) is 17.5 Å². The maximum atomic E-state index is 6.82. The van der Waals surface area contributed by atoms with Crippen LogP contribution in [-0.2, 0) is 0 Å². The van der Waals surface area contributed by atoms with Crippen molar-refractivity contribution >= 4 is 77.1 Å². The largest absolute Gasteiger partial charge is 0.455 e. The van der Waals surface area contributed by atoms with E-state index in [1.165, 1.54) is 38.1 Å². The summed E-state index contributed by atoms with van der Waals surface area (Å²) in [6.07, 6.45) is 0. The molecule has 0 saturated carbocycles. The lowest BCUT2D eigenvalue weighted by atomic mass is 10.0. The van der Waals surface area contributed by atoms with E-state index in [1.54, 1.807) is 0 Å². The number of hydrogen-bond acceptors (Lipinski definition) is 5. The Hall–Kier alpha value is -7.05. The number of furan rings is 1. The predicted molar refractivity (Wildman–Crippen MR) is 206 cm³/mol. The molecule has 4 aromatic heterocycles. The normalized spacial score (nSPS) is 12.7. The Morgan fingerprint density at radius 3 is 1.53 bits per heavy atom.